The van der Waals surface area contributed by atoms with Crippen LogP contribution in [0.15, 0.2) is 36.3 Å². The molecule has 0 aromatic heterocycles. The van der Waals surface area contributed by atoms with Gasteiger partial charge in [0, 0.05) is 18.6 Å². The zero-order valence-electron chi connectivity index (χ0n) is 8.74. The molecular formula is C10H12ClN3O2. The molecule has 0 bridgehead atoms. The molecule has 6 heteroatoms. The summed E-state index contributed by atoms with van der Waals surface area (Å²) in [6.45, 7) is 0.498. The van der Waals surface area contributed by atoms with Crippen molar-refractivity contribution in [3.8, 4) is 0 Å². The zero-order valence-corrected chi connectivity index (χ0v) is 9.49. The molecule has 0 radical (unpaired) electrons. The monoisotopic (exact) mass is 241 g/mol. The lowest BCUT2D eigenvalue weighted by molar-refractivity contribution is -0.404. The third-order valence-electron chi connectivity index (χ3n) is 1.90. The summed E-state index contributed by atoms with van der Waals surface area (Å²) in [5.74, 6) is 0.361. The molecule has 0 aliphatic rings. The zero-order chi connectivity index (χ0) is 12.0. The molecule has 1 rings (SSSR count). The summed E-state index contributed by atoms with van der Waals surface area (Å²) in [7, 11) is 1.62. The highest BCUT2D eigenvalue weighted by molar-refractivity contribution is 6.30. The Bertz CT molecular complexity index is 390. The molecule has 0 saturated carbocycles. The van der Waals surface area contributed by atoms with Crippen molar-refractivity contribution in [1.29, 1.82) is 0 Å². The van der Waals surface area contributed by atoms with Crippen LogP contribution in [0, 0.1) is 10.1 Å². The van der Waals surface area contributed by atoms with Crippen molar-refractivity contribution in [3.05, 3.63) is 57.0 Å². The molecule has 0 saturated heterocycles. The van der Waals surface area contributed by atoms with Crippen LogP contribution in [0.2, 0.25) is 5.02 Å². The summed E-state index contributed by atoms with van der Waals surface area (Å²) in [6, 6.07) is 7.26. The van der Waals surface area contributed by atoms with Gasteiger partial charge in [0.25, 0.3) is 6.20 Å². The first-order valence-corrected chi connectivity index (χ1v) is 5.01. The first-order chi connectivity index (χ1) is 7.61. The number of hydrogen-bond donors (Lipinski definition) is 2. The molecule has 16 heavy (non-hydrogen) atoms. The molecule has 0 unspecified atom stereocenters. The lowest BCUT2D eigenvalue weighted by Gasteiger charge is -2.07. The number of halogens is 1. The molecule has 0 amide bonds. The van der Waals surface area contributed by atoms with Gasteiger partial charge in [-0.3, -0.25) is 10.1 Å². The quantitative estimate of drug-likeness (QED) is 0.609. The molecule has 1 aromatic rings. The van der Waals surface area contributed by atoms with Gasteiger partial charge in [-0.2, -0.15) is 0 Å². The van der Waals surface area contributed by atoms with E-state index in [2.05, 4.69) is 10.6 Å². The number of nitro groups is 1. The molecule has 1 aromatic carbocycles. The van der Waals surface area contributed by atoms with Crippen LogP contribution in [0.4, 0.5) is 0 Å². The van der Waals surface area contributed by atoms with Crippen molar-refractivity contribution in [2.45, 2.75) is 6.54 Å². The number of hydrogen-bond acceptors (Lipinski definition) is 4. The van der Waals surface area contributed by atoms with Gasteiger partial charge in [-0.1, -0.05) is 23.7 Å². The molecule has 0 aliphatic heterocycles. The Hall–Kier alpha value is -1.75. The molecule has 0 spiro atoms. The van der Waals surface area contributed by atoms with Gasteiger partial charge in [0.05, 0.1) is 4.92 Å². The Balaban J connectivity index is 2.56. The summed E-state index contributed by atoms with van der Waals surface area (Å²) in [6.07, 6.45) is 0.885. The molecular weight excluding hydrogens is 230 g/mol. The second-order valence-electron chi connectivity index (χ2n) is 3.06. The molecule has 0 heterocycles. The second kappa shape index (κ2) is 5.97. The highest BCUT2D eigenvalue weighted by atomic mass is 35.5. The first kappa shape index (κ1) is 12.3. The maximum Gasteiger partial charge on any atom is 0.274 e. The van der Waals surface area contributed by atoms with Crippen molar-refractivity contribution in [2.24, 2.45) is 0 Å². The summed E-state index contributed by atoms with van der Waals surface area (Å²) >= 11 is 5.74. The van der Waals surface area contributed by atoms with Crippen LogP contribution < -0.4 is 10.6 Å². The van der Waals surface area contributed by atoms with Crippen molar-refractivity contribution < 1.29 is 4.92 Å². The van der Waals surface area contributed by atoms with E-state index >= 15 is 0 Å². The maximum atomic E-state index is 10.3. The average molecular weight is 242 g/mol. The van der Waals surface area contributed by atoms with Gasteiger partial charge in [0.15, 0.2) is 5.82 Å². The van der Waals surface area contributed by atoms with Gasteiger partial charge >= 0.3 is 0 Å². The number of nitrogens with zero attached hydrogens (tertiary/aromatic N) is 1. The maximum absolute atomic E-state index is 10.3. The molecule has 5 nitrogen and oxygen atoms in total. The standard InChI is InChI=1S/C10H12ClN3O2/c1-12-10(7-14(15)16)13-6-8-2-4-9(11)5-3-8/h2-5,7,12-13H,6H2,1H3/b10-7+. The lowest BCUT2D eigenvalue weighted by Crippen LogP contribution is -2.24. The summed E-state index contributed by atoms with van der Waals surface area (Å²) < 4.78 is 0. The lowest BCUT2D eigenvalue weighted by atomic mass is 10.2. The van der Waals surface area contributed by atoms with Crippen LogP contribution in [-0.4, -0.2) is 12.0 Å². The van der Waals surface area contributed by atoms with E-state index in [0.29, 0.717) is 17.4 Å². The third kappa shape index (κ3) is 4.18. The Labute approximate surface area is 98.3 Å². The molecule has 0 fully saturated rings. The van der Waals surface area contributed by atoms with Crippen molar-refractivity contribution in [2.75, 3.05) is 7.05 Å². The second-order valence-corrected chi connectivity index (χ2v) is 3.49. The van der Waals surface area contributed by atoms with Crippen LogP contribution in [0.5, 0.6) is 0 Å². The van der Waals surface area contributed by atoms with E-state index in [1.54, 1.807) is 19.2 Å². The first-order valence-electron chi connectivity index (χ1n) is 4.63. The Morgan fingerprint density at radius 3 is 2.62 bits per heavy atom. The van der Waals surface area contributed by atoms with Crippen LogP contribution in [0.1, 0.15) is 5.56 Å². The van der Waals surface area contributed by atoms with Crippen molar-refractivity contribution in [1.82, 2.24) is 10.6 Å². The smallest absolute Gasteiger partial charge is 0.274 e. The number of benzene rings is 1. The third-order valence-corrected chi connectivity index (χ3v) is 2.15. The normalized spacial score (nSPS) is 11.0. The fourth-order valence-corrected chi connectivity index (χ4v) is 1.23. The molecule has 86 valence electrons. The van der Waals surface area contributed by atoms with E-state index < -0.39 is 4.92 Å². The summed E-state index contributed by atoms with van der Waals surface area (Å²) in [5.41, 5.74) is 0.994. The fraction of sp³-hybridized carbons (Fsp3) is 0.200. The Kier molecular flexibility index (Phi) is 4.60. The predicted molar refractivity (Wildman–Crippen MR) is 62.4 cm³/mol. The largest absolute Gasteiger partial charge is 0.370 e. The van der Waals surface area contributed by atoms with Crippen molar-refractivity contribution >= 4 is 11.6 Å². The molecule has 0 atom stereocenters. The predicted octanol–water partition coefficient (Wildman–Crippen LogP) is 1.72. The molecule has 0 aliphatic carbocycles. The summed E-state index contributed by atoms with van der Waals surface area (Å²) in [4.78, 5) is 9.74. The van der Waals surface area contributed by atoms with Crippen molar-refractivity contribution in [3.63, 3.8) is 0 Å². The minimum Gasteiger partial charge on any atom is -0.370 e. The highest BCUT2D eigenvalue weighted by Gasteiger charge is 1.99. The van der Waals surface area contributed by atoms with Gasteiger partial charge in [-0.25, -0.2) is 0 Å². The van der Waals surface area contributed by atoms with E-state index in [4.69, 9.17) is 11.6 Å². The topological polar surface area (TPSA) is 67.2 Å². The van der Waals surface area contributed by atoms with E-state index in [1.807, 2.05) is 12.1 Å². The SMILES string of the molecule is CN/C(=C\[N+](=O)[O-])NCc1ccc(Cl)cc1. The van der Waals surface area contributed by atoms with Gasteiger partial charge in [0.1, 0.15) is 0 Å². The van der Waals surface area contributed by atoms with Crippen LogP contribution in [0.3, 0.4) is 0 Å². The van der Waals surface area contributed by atoms with E-state index in [-0.39, 0.29) is 0 Å². The van der Waals surface area contributed by atoms with Gasteiger partial charge in [-0.05, 0) is 17.7 Å². The van der Waals surface area contributed by atoms with E-state index in [9.17, 15) is 10.1 Å². The Morgan fingerprint density at radius 1 is 1.50 bits per heavy atom. The summed E-state index contributed by atoms with van der Waals surface area (Å²) in [5, 5.41) is 16.5. The highest BCUT2D eigenvalue weighted by Crippen LogP contribution is 2.09. The average Bonchev–Trinajstić information content (AvgIpc) is 2.26. The minimum atomic E-state index is -0.513. The van der Waals surface area contributed by atoms with Gasteiger partial charge in [0.2, 0.25) is 0 Å². The molecule has 2 N–H and O–H groups in total. The van der Waals surface area contributed by atoms with E-state index in [0.717, 1.165) is 11.8 Å². The number of nitrogens with one attached hydrogen (secondary N) is 2. The van der Waals surface area contributed by atoms with Crippen LogP contribution in [0.25, 0.3) is 0 Å². The van der Waals surface area contributed by atoms with Gasteiger partial charge in [-0.15, -0.1) is 0 Å². The fourth-order valence-electron chi connectivity index (χ4n) is 1.10. The minimum absolute atomic E-state index is 0.361. The van der Waals surface area contributed by atoms with E-state index in [1.165, 1.54) is 0 Å². The van der Waals surface area contributed by atoms with Gasteiger partial charge < -0.3 is 10.6 Å². The Morgan fingerprint density at radius 2 is 2.12 bits per heavy atom. The van der Waals surface area contributed by atoms with Crippen LogP contribution >= 0.6 is 11.6 Å². The number of rotatable bonds is 5. The van der Waals surface area contributed by atoms with Crippen LogP contribution in [-0.2, 0) is 6.54 Å².